The number of ether oxygens (including phenoxy) is 4. The molecule has 7 heteroatoms. The van der Waals surface area contributed by atoms with Crippen LogP contribution in [0.2, 0.25) is 0 Å². The number of hydrogen-bond donors (Lipinski definition) is 1. The summed E-state index contributed by atoms with van der Waals surface area (Å²) in [5, 5.41) is 2.67. The Morgan fingerprint density at radius 3 is 2.67 bits per heavy atom. The summed E-state index contributed by atoms with van der Waals surface area (Å²) >= 11 is 0. The van der Waals surface area contributed by atoms with Gasteiger partial charge in [-0.3, -0.25) is 4.79 Å². The van der Waals surface area contributed by atoms with E-state index in [0.717, 1.165) is 11.1 Å². The lowest BCUT2D eigenvalue weighted by Gasteiger charge is -2.14. The van der Waals surface area contributed by atoms with Crippen molar-refractivity contribution >= 4 is 17.6 Å². The summed E-state index contributed by atoms with van der Waals surface area (Å²) < 4.78 is 21.1. The predicted molar refractivity (Wildman–Crippen MR) is 98.2 cm³/mol. The van der Waals surface area contributed by atoms with Crippen LogP contribution in [-0.4, -0.2) is 31.4 Å². The fourth-order valence-corrected chi connectivity index (χ4v) is 2.60. The van der Waals surface area contributed by atoms with Gasteiger partial charge in [-0.15, -0.1) is 0 Å². The van der Waals surface area contributed by atoms with E-state index >= 15 is 0 Å². The van der Waals surface area contributed by atoms with Crippen molar-refractivity contribution in [3.05, 3.63) is 47.5 Å². The summed E-state index contributed by atoms with van der Waals surface area (Å²) in [7, 11) is 0. The molecule has 7 nitrogen and oxygen atoms in total. The van der Waals surface area contributed by atoms with Crippen molar-refractivity contribution in [1.82, 2.24) is 0 Å². The van der Waals surface area contributed by atoms with Crippen LogP contribution < -0.4 is 19.5 Å². The van der Waals surface area contributed by atoms with Crippen molar-refractivity contribution in [3.8, 4) is 17.2 Å². The van der Waals surface area contributed by atoms with Crippen LogP contribution in [0.1, 0.15) is 18.1 Å². The number of hydrogen-bond acceptors (Lipinski definition) is 6. The molecule has 0 aromatic heterocycles. The second kappa shape index (κ2) is 7.99. The van der Waals surface area contributed by atoms with Crippen LogP contribution in [-0.2, 0) is 14.3 Å². The Morgan fingerprint density at radius 2 is 1.89 bits per heavy atom. The van der Waals surface area contributed by atoms with Gasteiger partial charge in [0.2, 0.25) is 6.79 Å². The highest BCUT2D eigenvalue weighted by atomic mass is 16.7. The number of esters is 1. The van der Waals surface area contributed by atoms with E-state index in [1.54, 1.807) is 24.3 Å². The largest absolute Gasteiger partial charge is 0.482 e. The zero-order valence-corrected chi connectivity index (χ0v) is 15.4. The molecule has 1 aliphatic rings. The molecule has 1 aliphatic heterocycles. The molecule has 1 heterocycles. The minimum absolute atomic E-state index is 0.154. The molecule has 1 atom stereocenters. The molecule has 0 aliphatic carbocycles. The molecule has 2 aromatic rings. The fraction of sp³-hybridized carbons (Fsp3) is 0.300. The number of nitrogens with one attached hydrogen (secondary N) is 1. The molecule has 0 fully saturated rings. The average Bonchev–Trinajstić information content (AvgIpc) is 3.08. The Labute approximate surface area is 157 Å². The fourth-order valence-electron chi connectivity index (χ4n) is 2.60. The number of rotatable bonds is 6. The number of fused-ring (bicyclic) bond motifs is 1. The van der Waals surface area contributed by atoms with Crippen molar-refractivity contribution < 1.29 is 28.5 Å². The van der Waals surface area contributed by atoms with Crippen LogP contribution in [0.15, 0.2) is 36.4 Å². The third kappa shape index (κ3) is 4.69. The zero-order chi connectivity index (χ0) is 19.4. The van der Waals surface area contributed by atoms with Gasteiger partial charge in [-0.05, 0) is 44.5 Å². The number of anilines is 1. The van der Waals surface area contributed by atoms with Gasteiger partial charge < -0.3 is 24.3 Å². The molecule has 0 bridgehead atoms. The summed E-state index contributed by atoms with van der Waals surface area (Å²) in [6, 6.07) is 10.7. The summed E-state index contributed by atoms with van der Waals surface area (Å²) in [6.45, 7) is 5.25. The van der Waals surface area contributed by atoms with Crippen LogP contribution in [0.25, 0.3) is 0 Å². The number of carbonyl (C=O) groups is 2. The first-order valence-electron chi connectivity index (χ1n) is 8.52. The van der Waals surface area contributed by atoms with Gasteiger partial charge in [0, 0.05) is 11.8 Å². The van der Waals surface area contributed by atoms with Crippen molar-refractivity contribution in [2.75, 3.05) is 18.7 Å². The SMILES string of the molecule is Cc1ccc(OCC(=O)O[C@H](C)C(=O)Nc2ccc3c(c2)OCO3)c(C)c1. The molecule has 0 saturated heterocycles. The first kappa shape index (κ1) is 18.6. The monoisotopic (exact) mass is 371 g/mol. The van der Waals surface area contributed by atoms with E-state index in [1.165, 1.54) is 6.92 Å². The molecule has 2 aromatic carbocycles. The molecule has 0 spiro atoms. The van der Waals surface area contributed by atoms with Crippen LogP contribution in [0, 0.1) is 13.8 Å². The van der Waals surface area contributed by atoms with Crippen LogP contribution in [0.4, 0.5) is 5.69 Å². The summed E-state index contributed by atoms with van der Waals surface area (Å²) in [5.41, 5.74) is 2.56. The van der Waals surface area contributed by atoms with Gasteiger partial charge in [0.1, 0.15) is 5.75 Å². The van der Waals surface area contributed by atoms with E-state index in [9.17, 15) is 9.59 Å². The highest BCUT2D eigenvalue weighted by Crippen LogP contribution is 2.34. The Morgan fingerprint density at radius 1 is 1.11 bits per heavy atom. The topological polar surface area (TPSA) is 83.1 Å². The van der Waals surface area contributed by atoms with Gasteiger partial charge >= 0.3 is 5.97 Å². The molecule has 0 unspecified atom stereocenters. The third-order valence-corrected chi connectivity index (χ3v) is 3.99. The molecule has 142 valence electrons. The average molecular weight is 371 g/mol. The summed E-state index contributed by atoms with van der Waals surface area (Å²) in [6.07, 6.45) is -0.967. The van der Waals surface area contributed by atoms with E-state index in [0.29, 0.717) is 22.9 Å². The normalized spacial score (nSPS) is 13.0. The molecular weight excluding hydrogens is 350 g/mol. The standard InChI is InChI=1S/C20H21NO6/c1-12-4-6-16(13(2)8-12)24-10-19(22)27-14(3)20(23)21-15-5-7-17-18(9-15)26-11-25-17/h4-9,14H,10-11H2,1-3H3,(H,21,23)/t14-/m1/s1. The lowest BCUT2D eigenvalue weighted by molar-refractivity contribution is -0.155. The maximum atomic E-state index is 12.2. The van der Waals surface area contributed by atoms with Gasteiger partial charge in [0.05, 0.1) is 0 Å². The van der Waals surface area contributed by atoms with E-state index in [1.807, 2.05) is 26.0 Å². The summed E-state index contributed by atoms with van der Waals surface area (Å²) in [5.74, 6) is 0.711. The molecule has 3 rings (SSSR count). The Balaban J connectivity index is 1.49. The smallest absolute Gasteiger partial charge is 0.344 e. The van der Waals surface area contributed by atoms with Gasteiger partial charge in [0.25, 0.3) is 5.91 Å². The van der Waals surface area contributed by atoms with Crippen molar-refractivity contribution in [2.24, 2.45) is 0 Å². The first-order valence-corrected chi connectivity index (χ1v) is 8.52. The second-order valence-electron chi connectivity index (χ2n) is 6.25. The molecule has 0 radical (unpaired) electrons. The Bertz CT molecular complexity index is 864. The summed E-state index contributed by atoms with van der Waals surface area (Å²) in [4.78, 5) is 24.2. The minimum atomic E-state index is -0.967. The predicted octanol–water partition coefficient (Wildman–Crippen LogP) is 2.98. The van der Waals surface area contributed by atoms with E-state index in [-0.39, 0.29) is 13.4 Å². The van der Waals surface area contributed by atoms with Crippen molar-refractivity contribution in [1.29, 1.82) is 0 Å². The van der Waals surface area contributed by atoms with Crippen LogP contribution >= 0.6 is 0 Å². The quantitative estimate of drug-likeness (QED) is 0.786. The molecular formula is C20H21NO6. The van der Waals surface area contributed by atoms with Gasteiger partial charge in [-0.25, -0.2) is 4.79 Å². The van der Waals surface area contributed by atoms with Crippen LogP contribution in [0.5, 0.6) is 17.2 Å². The molecule has 1 N–H and O–H groups in total. The van der Waals surface area contributed by atoms with Crippen molar-refractivity contribution in [2.45, 2.75) is 26.9 Å². The first-order chi connectivity index (χ1) is 12.9. The van der Waals surface area contributed by atoms with E-state index in [4.69, 9.17) is 18.9 Å². The third-order valence-electron chi connectivity index (χ3n) is 3.99. The lowest BCUT2D eigenvalue weighted by atomic mass is 10.1. The van der Waals surface area contributed by atoms with Gasteiger partial charge in [-0.1, -0.05) is 17.7 Å². The number of carbonyl (C=O) groups excluding carboxylic acids is 2. The second-order valence-corrected chi connectivity index (χ2v) is 6.25. The number of aryl methyl sites for hydroxylation is 2. The molecule has 0 saturated carbocycles. The minimum Gasteiger partial charge on any atom is -0.482 e. The molecule has 27 heavy (non-hydrogen) atoms. The van der Waals surface area contributed by atoms with Gasteiger partial charge in [-0.2, -0.15) is 0 Å². The Hall–Kier alpha value is -3.22. The van der Waals surface area contributed by atoms with Crippen molar-refractivity contribution in [3.63, 3.8) is 0 Å². The maximum absolute atomic E-state index is 12.2. The van der Waals surface area contributed by atoms with E-state index in [2.05, 4.69) is 5.32 Å². The van der Waals surface area contributed by atoms with Crippen LogP contribution in [0.3, 0.4) is 0 Å². The number of benzene rings is 2. The highest BCUT2D eigenvalue weighted by molar-refractivity contribution is 5.95. The zero-order valence-electron chi connectivity index (χ0n) is 15.4. The van der Waals surface area contributed by atoms with Gasteiger partial charge in [0.15, 0.2) is 24.2 Å². The molecule has 1 amide bonds. The maximum Gasteiger partial charge on any atom is 0.344 e. The Kier molecular flexibility index (Phi) is 5.49. The lowest BCUT2D eigenvalue weighted by Crippen LogP contribution is -2.31. The van der Waals surface area contributed by atoms with E-state index < -0.39 is 18.0 Å². The highest BCUT2D eigenvalue weighted by Gasteiger charge is 2.20. The number of amides is 1.